The van der Waals surface area contributed by atoms with Crippen LogP contribution < -0.4 is 5.73 Å². The van der Waals surface area contributed by atoms with Crippen molar-refractivity contribution in [1.29, 1.82) is 0 Å². The molecule has 3 heteroatoms. The molecule has 0 amide bonds. The van der Waals surface area contributed by atoms with E-state index in [-0.39, 0.29) is 11.9 Å². The number of benzene rings is 1. The summed E-state index contributed by atoms with van der Waals surface area (Å²) in [5, 5.41) is 0. The molecule has 0 aliphatic heterocycles. The van der Waals surface area contributed by atoms with Crippen molar-refractivity contribution in [3.63, 3.8) is 0 Å². The Labute approximate surface area is 128 Å². The van der Waals surface area contributed by atoms with Gasteiger partial charge >= 0.3 is 0 Å². The lowest BCUT2D eigenvalue weighted by Gasteiger charge is -2.42. The van der Waals surface area contributed by atoms with E-state index in [9.17, 15) is 4.39 Å². The Morgan fingerprint density at radius 2 is 1.86 bits per heavy atom. The van der Waals surface area contributed by atoms with Gasteiger partial charge in [0.05, 0.1) is 5.54 Å². The molecule has 0 saturated heterocycles. The molecule has 2 atom stereocenters. The number of hydrogen-bond acceptors (Lipinski definition) is 2. The van der Waals surface area contributed by atoms with Crippen LogP contribution in [-0.2, 0) is 5.54 Å². The van der Waals surface area contributed by atoms with Gasteiger partial charge in [0.2, 0.25) is 0 Å². The monoisotopic (exact) mass is 290 g/mol. The largest absolute Gasteiger partial charge is 0.320 e. The first kappa shape index (κ1) is 17.6. The van der Waals surface area contributed by atoms with Crippen molar-refractivity contribution < 1.29 is 4.39 Å². The number of nitrogens with zero attached hydrogens (tertiary/aromatic N) is 1. The first-order valence-electron chi connectivity index (χ1n) is 7.51. The Hall–Kier alpha value is -1.45. The summed E-state index contributed by atoms with van der Waals surface area (Å²) in [6.07, 6.45) is 5.30. The molecule has 0 bridgehead atoms. The molecule has 116 valence electrons. The van der Waals surface area contributed by atoms with Crippen LogP contribution in [0.4, 0.5) is 4.39 Å². The SMILES string of the molecule is C=CCN(CC=C)C(C)C(N)(CCC)c1ccccc1F. The minimum Gasteiger partial charge on any atom is -0.320 e. The average Bonchev–Trinajstić information content (AvgIpc) is 2.47. The Balaban J connectivity index is 3.22. The van der Waals surface area contributed by atoms with Gasteiger partial charge in [0.1, 0.15) is 5.82 Å². The number of nitrogens with two attached hydrogens (primary N) is 1. The van der Waals surface area contributed by atoms with E-state index in [0.717, 1.165) is 12.8 Å². The smallest absolute Gasteiger partial charge is 0.128 e. The molecular weight excluding hydrogens is 263 g/mol. The van der Waals surface area contributed by atoms with Crippen LogP contribution in [0.15, 0.2) is 49.6 Å². The third-order valence-corrected chi connectivity index (χ3v) is 4.06. The van der Waals surface area contributed by atoms with E-state index in [2.05, 4.69) is 31.9 Å². The normalized spacial score (nSPS) is 15.5. The van der Waals surface area contributed by atoms with Gasteiger partial charge in [0.15, 0.2) is 0 Å². The van der Waals surface area contributed by atoms with Gasteiger partial charge in [-0.15, -0.1) is 13.2 Å². The number of halogens is 1. The summed E-state index contributed by atoms with van der Waals surface area (Å²) in [5.74, 6) is -0.238. The highest BCUT2D eigenvalue weighted by atomic mass is 19.1. The van der Waals surface area contributed by atoms with Crippen molar-refractivity contribution in [2.75, 3.05) is 13.1 Å². The first-order chi connectivity index (χ1) is 10.0. The third-order valence-electron chi connectivity index (χ3n) is 4.06. The lowest BCUT2D eigenvalue weighted by Crippen LogP contribution is -2.55. The lowest BCUT2D eigenvalue weighted by atomic mass is 9.79. The summed E-state index contributed by atoms with van der Waals surface area (Å²) >= 11 is 0. The van der Waals surface area contributed by atoms with Crippen LogP contribution >= 0.6 is 0 Å². The summed E-state index contributed by atoms with van der Waals surface area (Å²) in [5.41, 5.74) is 6.54. The zero-order valence-electron chi connectivity index (χ0n) is 13.2. The maximum atomic E-state index is 14.3. The number of rotatable bonds is 9. The molecule has 0 fully saturated rings. The predicted molar refractivity (Wildman–Crippen MR) is 88.6 cm³/mol. The highest BCUT2D eigenvalue weighted by molar-refractivity contribution is 5.28. The summed E-state index contributed by atoms with van der Waals surface area (Å²) in [7, 11) is 0. The molecule has 0 aromatic heterocycles. The van der Waals surface area contributed by atoms with Gasteiger partial charge in [0.25, 0.3) is 0 Å². The first-order valence-corrected chi connectivity index (χ1v) is 7.51. The fourth-order valence-electron chi connectivity index (χ4n) is 2.87. The highest BCUT2D eigenvalue weighted by Crippen LogP contribution is 2.32. The minimum absolute atomic E-state index is 0.0228. The van der Waals surface area contributed by atoms with Crippen molar-refractivity contribution in [3.05, 3.63) is 61.0 Å². The molecule has 2 N–H and O–H groups in total. The molecule has 1 aromatic carbocycles. The molecule has 0 aliphatic rings. The third kappa shape index (κ3) is 4.02. The van der Waals surface area contributed by atoms with Crippen molar-refractivity contribution in [3.8, 4) is 0 Å². The van der Waals surface area contributed by atoms with Crippen LogP contribution in [0.1, 0.15) is 32.3 Å². The second-order valence-electron chi connectivity index (χ2n) is 5.48. The lowest BCUT2D eigenvalue weighted by molar-refractivity contribution is 0.146. The maximum Gasteiger partial charge on any atom is 0.128 e. The van der Waals surface area contributed by atoms with Gasteiger partial charge in [-0.3, -0.25) is 4.90 Å². The van der Waals surface area contributed by atoms with E-state index < -0.39 is 5.54 Å². The summed E-state index contributed by atoms with van der Waals surface area (Å²) in [6, 6.07) is 6.78. The van der Waals surface area contributed by atoms with Gasteiger partial charge in [-0.05, 0) is 19.4 Å². The Bertz CT molecular complexity index is 462. The van der Waals surface area contributed by atoms with Crippen LogP contribution in [0.5, 0.6) is 0 Å². The molecule has 1 aromatic rings. The van der Waals surface area contributed by atoms with Crippen LogP contribution in [0.3, 0.4) is 0 Å². The predicted octanol–water partition coefficient (Wildman–Crippen LogP) is 3.84. The Morgan fingerprint density at radius 3 is 2.33 bits per heavy atom. The van der Waals surface area contributed by atoms with Crippen LogP contribution in [0, 0.1) is 5.82 Å². The van der Waals surface area contributed by atoms with E-state index >= 15 is 0 Å². The van der Waals surface area contributed by atoms with E-state index in [1.54, 1.807) is 12.1 Å². The summed E-state index contributed by atoms with van der Waals surface area (Å²) in [6.45, 7) is 13.1. The maximum absolute atomic E-state index is 14.3. The fourth-order valence-corrected chi connectivity index (χ4v) is 2.87. The van der Waals surface area contributed by atoms with Crippen molar-refractivity contribution in [2.24, 2.45) is 5.73 Å². The molecule has 21 heavy (non-hydrogen) atoms. The molecular formula is C18H27FN2. The van der Waals surface area contributed by atoms with Gasteiger partial charge < -0.3 is 5.73 Å². The van der Waals surface area contributed by atoms with Gasteiger partial charge in [0, 0.05) is 24.7 Å². The molecule has 0 radical (unpaired) electrons. The van der Waals surface area contributed by atoms with E-state index in [0.29, 0.717) is 18.7 Å². The summed E-state index contributed by atoms with van der Waals surface area (Å²) < 4.78 is 14.3. The molecule has 2 nitrogen and oxygen atoms in total. The average molecular weight is 290 g/mol. The summed E-state index contributed by atoms with van der Waals surface area (Å²) in [4.78, 5) is 2.17. The van der Waals surface area contributed by atoms with Crippen molar-refractivity contribution in [1.82, 2.24) is 4.90 Å². The topological polar surface area (TPSA) is 29.3 Å². The molecule has 0 aliphatic carbocycles. The van der Waals surface area contributed by atoms with Gasteiger partial charge in [-0.2, -0.15) is 0 Å². The van der Waals surface area contributed by atoms with Crippen LogP contribution in [-0.4, -0.2) is 24.0 Å². The van der Waals surface area contributed by atoms with Crippen molar-refractivity contribution in [2.45, 2.75) is 38.3 Å². The molecule has 0 spiro atoms. The standard InChI is InChI=1S/C18H27FN2/c1-5-12-18(20,16-10-8-9-11-17(16)19)15(4)21(13-6-2)14-7-3/h6-11,15H,2-3,5,12-14,20H2,1,4H3. The van der Waals surface area contributed by atoms with Gasteiger partial charge in [-0.1, -0.05) is 43.7 Å². The van der Waals surface area contributed by atoms with E-state index in [1.807, 2.05) is 18.2 Å². The Morgan fingerprint density at radius 1 is 1.29 bits per heavy atom. The van der Waals surface area contributed by atoms with Gasteiger partial charge in [-0.25, -0.2) is 4.39 Å². The van der Waals surface area contributed by atoms with Crippen molar-refractivity contribution >= 4 is 0 Å². The van der Waals surface area contributed by atoms with E-state index in [1.165, 1.54) is 6.07 Å². The van der Waals surface area contributed by atoms with Crippen LogP contribution in [0.25, 0.3) is 0 Å². The second kappa shape index (κ2) is 8.11. The molecule has 1 rings (SSSR count). The Kier molecular flexibility index (Phi) is 6.79. The molecule has 2 unspecified atom stereocenters. The molecule has 0 heterocycles. The zero-order chi connectivity index (χ0) is 15.9. The highest BCUT2D eigenvalue weighted by Gasteiger charge is 2.37. The second-order valence-corrected chi connectivity index (χ2v) is 5.48. The molecule has 0 saturated carbocycles. The fraction of sp³-hybridized carbons (Fsp3) is 0.444. The minimum atomic E-state index is -0.730. The number of hydrogen-bond donors (Lipinski definition) is 1. The van der Waals surface area contributed by atoms with Crippen LogP contribution in [0.2, 0.25) is 0 Å². The zero-order valence-corrected chi connectivity index (χ0v) is 13.2. The quantitative estimate of drug-likeness (QED) is 0.700. The van der Waals surface area contributed by atoms with E-state index in [4.69, 9.17) is 5.73 Å².